The second-order valence-electron chi connectivity index (χ2n) is 5.93. The van der Waals surface area contributed by atoms with Crippen LogP contribution in [0, 0.1) is 20.8 Å². The molecule has 0 atom stereocenters. The zero-order valence-electron chi connectivity index (χ0n) is 12.3. The molecule has 0 aliphatic carbocycles. The molecule has 1 rings (SSSR count). The molecule has 1 aromatic carbocycles. The number of rotatable bonds is 3. The summed E-state index contributed by atoms with van der Waals surface area (Å²) < 4.78 is 0. The lowest BCUT2D eigenvalue weighted by molar-refractivity contribution is -0.115. The topological polar surface area (TPSA) is 41.1 Å². The van der Waals surface area contributed by atoms with Gasteiger partial charge in [0.05, 0.1) is 6.54 Å². The van der Waals surface area contributed by atoms with Crippen molar-refractivity contribution in [2.75, 3.05) is 11.9 Å². The Bertz CT molecular complexity index is 421. The molecule has 0 unspecified atom stereocenters. The van der Waals surface area contributed by atoms with Crippen LogP contribution in [0.15, 0.2) is 12.1 Å². The maximum Gasteiger partial charge on any atom is 0.238 e. The Morgan fingerprint density at radius 3 is 2.06 bits per heavy atom. The van der Waals surface area contributed by atoms with E-state index in [4.69, 9.17) is 0 Å². The van der Waals surface area contributed by atoms with E-state index in [9.17, 15) is 4.79 Å². The normalized spacial score (nSPS) is 11.4. The zero-order valence-corrected chi connectivity index (χ0v) is 12.3. The van der Waals surface area contributed by atoms with Crippen LogP contribution in [0.25, 0.3) is 0 Å². The molecular weight excluding hydrogens is 224 g/mol. The molecule has 0 fully saturated rings. The number of aryl methyl sites for hydroxylation is 3. The SMILES string of the molecule is Cc1cc(C)c(NC(=O)CNC(C)(C)C)c(C)c1. The Balaban J connectivity index is 2.71. The Morgan fingerprint density at radius 2 is 1.61 bits per heavy atom. The first kappa shape index (κ1) is 14.7. The van der Waals surface area contributed by atoms with Crippen molar-refractivity contribution in [3.63, 3.8) is 0 Å². The molecule has 100 valence electrons. The summed E-state index contributed by atoms with van der Waals surface area (Å²) in [6.45, 7) is 12.6. The van der Waals surface area contributed by atoms with Crippen molar-refractivity contribution >= 4 is 11.6 Å². The van der Waals surface area contributed by atoms with E-state index < -0.39 is 0 Å². The molecule has 1 amide bonds. The lowest BCUT2D eigenvalue weighted by atomic mass is 10.1. The number of hydrogen-bond donors (Lipinski definition) is 2. The Morgan fingerprint density at radius 1 is 1.11 bits per heavy atom. The van der Waals surface area contributed by atoms with E-state index in [1.54, 1.807) is 0 Å². The highest BCUT2D eigenvalue weighted by Crippen LogP contribution is 2.21. The van der Waals surface area contributed by atoms with E-state index >= 15 is 0 Å². The minimum atomic E-state index is -0.0469. The Kier molecular flexibility index (Phi) is 4.52. The van der Waals surface area contributed by atoms with Crippen LogP contribution in [-0.2, 0) is 4.79 Å². The molecule has 3 heteroatoms. The van der Waals surface area contributed by atoms with Gasteiger partial charge in [-0.1, -0.05) is 17.7 Å². The summed E-state index contributed by atoms with van der Waals surface area (Å²) in [5.41, 5.74) is 4.32. The zero-order chi connectivity index (χ0) is 13.9. The molecule has 0 saturated heterocycles. The van der Waals surface area contributed by atoms with Gasteiger partial charge in [-0.2, -0.15) is 0 Å². The summed E-state index contributed by atoms with van der Waals surface area (Å²) in [6, 6.07) is 4.17. The van der Waals surface area contributed by atoms with E-state index in [1.165, 1.54) is 5.56 Å². The molecule has 3 nitrogen and oxygen atoms in total. The lowest BCUT2D eigenvalue weighted by Crippen LogP contribution is -2.41. The fraction of sp³-hybridized carbons (Fsp3) is 0.533. The summed E-state index contributed by atoms with van der Waals surface area (Å²) >= 11 is 0. The van der Waals surface area contributed by atoms with Crippen LogP contribution in [0.4, 0.5) is 5.69 Å². The van der Waals surface area contributed by atoms with E-state index in [0.717, 1.165) is 16.8 Å². The van der Waals surface area contributed by atoms with Crippen LogP contribution in [0.3, 0.4) is 0 Å². The van der Waals surface area contributed by atoms with Gasteiger partial charge in [-0.3, -0.25) is 4.79 Å². The third kappa shape index (κ3) is 4.49. The van der Waals surface area contributed by atoms with Gasteiger partial charge in [0.2, 0.25) is 5.91 Å². The highest BCUT2D eigenvalue weighted by molar-refractivity contribution is 5.93. The Hall–Kier alpha value is -1.35. The number of anilines is 1. The van der Waals surface area contributed by atoms with Crippen molar-refractivity contribution in [1.29, 1.82) is 0 Å². The van der Waals surface area contributed by atoms with Crippen LogP contribution < -0.4 is 10.6 Å². The van der Waals surface area contributed by atoms with Gasteiger partial charge in [0.15, 0.2) is 0 Å². The number of amides is 1. The summed E-state index contributed by atoms with van der Waals surface area (Å²) in [6.07, 6.45) is 0. The van der Waals surface area contributed by atoms with Gasteiger partial charge in [-0.25, -0.2) is 0 Å². The minimum Gasteiger partial charge on any atom is -0.324 e. The van der Waals surface area contributed by atoms with Crippen LogP contribution in [0.5, 0.6) is 0 Å². The van der Waals surface area contributed by atoms with Crippen molar-refractivity contribution in [1.82, 2.24) is 5.32 Å². The van der Waals surface area contributed by atoms with E-state index in [-0.39, 0.29) is 11.4 Å². The predicted molar refractivity (Wildman–Crippen MR) is 77.0 cm³/mol. The van der Waals surface area contributed by atoms with E-state index in [2.05, 4.69) is 29.7 Å². The highest BCUT2D eigenvalue weighted by atomic mass is 16.1. The predicted octanol–water partition coefficient (Wildman–Crippen LogP) is 2.94. The van der Waals surface area contributed by atoms with Crippen molar-refractivity contribution in [3.05, 3.63) is 28.8 Å². The molecule has 0 aromatic heterocycles. The maximum absolute atomic E-state index is 11.9. The first-order chi connectivity index (χ1) is 8.19. The molecule has 0 aliphatic rings. The summed E-state index contributed by atoms with van der Waals surface area (Å²) in [4.78, 5) is 11.9. The molecule has 0 heterocycles. The monoisotopic (exact) mass is 248 g/mol. The number of carbonyl (C=O) groups excluding carboxylic acids is 1. The van der Waals surface area contributed by atoms with Gasteiger partial charge in [-0.15, -0.1) is 0 Å². The summed E-state index contributed by atoms with van der Waals surface area (Å²) in [5, 5.41) is 6.16. The first-order valence-corrected chi connectivity index (χ1v) is 6.32. The smallest absolute Gasteiger partial charge is 0.238 e. The molecule has 0 aliphatic heterocycles. The largest absolute Gasteiger partial charge is 0.324 e. The van der Waals surface area contributed by atoms with Crippen LogP contribution in [-0.4, -0.2) is 18.0 Å². The van der Waals surface area contributed by atoms with Crippen molar-refractivity contribution < 1.29 is 4.79 Å². The van der Waals surface area contributed by atoms with Gasteiger partial charge in [0, 0.05) is 11.2 Å². The molecule has 0 bridgehead atoms. The molecule has 2 N–H and O–H groups in total. The Labute approximate surface area is 110 Å². The van der Waals surface area contributed by atoms with Gasteiger partial charge < -0.3 is 10.6 Å². The quantitative estimate of drug-likeness (QED) is 0.863. The first-order valence-electron chi connectivity index (χ1n) is 6.32. The van der Waals surface area contributed by atoms with Crippen molar-refractivity contribution in [2.24, 2.45) is 0 Å². The van der Waals surface area contributed by atoms with Crippen molar-refractivity contribution in [3.8, 4) is 0 Å². The van der Waals surface area contributed by atoms with Crippen LogP contribution in [0.1, 0.15) is 37.5 Å². The molecule has 0 saturated carbocycles. The standard InChI is InChI=1S/C15H24N2O/c1-10-7-11(2)14(12(3)8-10)17-13(18)9-16-15(4,5)6/h7-8,16H,9H2,1-6H3,(H,17,18). The van der Waals surface area contributed by atoms with Gasteiger partial charge in [0.25, 0.3) is 0 Å². The van der Waals surface area contributed by atoms with Gasteiger partial charge in [-0.05, 0) is 52.7 Å². The third-order valence-corrected chi connectivity index (χ3v) is 2.72. The fourth-order valence-electron chi connectivity index (χ4n) is 1.91. The maximum atomic E-state index is 11.9. The number of hydrogen-bond acceptors (Lipinski definition) is 2. The number of carbonyl (C=O) groups is 1. The fourth-order valence-corrected chi connectivity index (χ4v) is 1.91. The average Bonchev–Trinajstić information content (AvgIpc) is 2.19. The van der Waals surface area contributed by atoms with Crippen LogP contribution >= 0.6 is 0 Å². The third-order valence-electron chi connectivity index (χ3n) is 2.72. The van der Waals surface area contributed by atoms with Gasteiger partial charge in [0.1, 0.15) is 0 Å². The van der Waals surface area contributed by atoms with Crippen LogP contribution in [0.2, 0.25) is 0 Å². The number of nitrogens with one attached hydrogen (secondary N) is 2. The molecule has 1 aromatic rings. The molecular formula is C15H24N2O. The highest BCUT2D eigenvalue weighted by Gasteiger charge is 2.12. The number of benzene rings is 1. The van der Waals surface area contributed by atoms with Crippen molar-refractivity contribution in [2.45, 2.75) is 47.1 Å². The minimum absolute atomic E-state index is 0.0000203. The second-order valence-corrected chi connectivity index (χ2v) is 5.93. The molecule has 0 radical (unpaired) electrons. The molecule has 18 heavy (non-hydrogen) atoms. The van der Waals surface area contributed by atoms with E-state index in [1.807, 2.05) is 34.6 Å². The average molecular weight is 248 g/mol. The molecule has 0 spiro atoms. The summed E-state index contributed by atoms with van der Waals surface area (Å²) in [5.74, 6) is -0.0000203. The van der Waals surface area contributed by atoms with E-state index in [0.29, 0.717) is 6.54 Å². The lowest BCUT2D eigenvalue weighted by Gasteiger charge is -2.20. The van der Waals surface area contributed by atoms with Gasteiger partial charge >= 0.3 is 0 Å². The summed E-state index contributed by atoms with van der Waals surface area (Å²) in [7, 11) is 0. The second kappa shape index (κ2) is 5.53.